The van der Waals surface area contributed by atoms with Crippen LogP contribution >= 0.6 is 0 Å². The van der Waals surface area contributed by atoms with Crippen molar-refractivity contribution >= 4 is 5.69 Å². The zero-order valence-corrected chi connectivity index (χ0v) is 17.6. The molecule has 0 bridgehead atoms. The van der Waals surface area contributed by atoms with Gasteiger partial charge in [-0.15, -0.1) is 0 Å². The van der Waals surface area contributed by atoms with E-state index in [4.69, 9.17) is 0 Å². The molecule has 0 aliphatic carbocycles. The number of hydrogen-bond donors (Lipinski definition) is 0. The second-order valence-electron chi connectivity index (χ2n) is 7.67. The fourth-order valence-electron chi connectivity index (χ4n) is 3.73. The maximum Gasteiger partial charge on any atom is 0.243 e. The van der Waals surface area contributed by atoms with Crippen molar-refractivity contribution in [2.45, 2.75) is 20.8 Å². The van der Waals surface area contributed by atoms with Crippen LogP contribution in [-0.4, -0.2) is 7.05 Å². The van der Waals surface area contributed by atoms with E-state index in [-0.39, 0.29) is 0 Å². The molecule has 0 aliphatic rings. The lowest BCUT2D eigenvalue weighted by atomic mass is 10.0. The number of pyridine rings is 1. The average molecular weight is 380 g/mol. The summed E-state index contributed by atoms with van der Waals surface area (Å²) in [5.41, 5.74) is 9.73. The first kappa shape index (κ1) is 18.9. The van der Waals surface area contributed by atoms with Gasteiger partial charge in [-0.2, -0.15) is 5.01 Å². The van der Waals surface area contributed by atoms with Gasteiger partial charge in [-0.05, 0) is 49.2 Å². The molecule has 3 aromatic carbocycles. The van der Waals surface area contributed by atoms with Crippen LogP contribution in [0.15, 0.2) is 91.0 Å². The molecule has 0 amide bonds. The van der Waals surface area contributed by atoms with Gasteiger partial charge in [0, 0.05) is 24.6 Å². The first-order chi connectivity index (χ1) is 14.0. The Labute approximate surface area is 173 Å². The van der Waals surface area contributed by atoms with Crippen LogP contribution in [0.5, 0.6) is 0 Å². The van der Waals surface area contributed by atoms with Crippen LogP contribution in [0, 0.1) is 20.8 Å². The Hall–Kier alpha value is -3.39. The maximum atomic E-state index is 2.29. The molecule has 0 fully saturated rings. The lowest BCUT2D eigenvalue weighted by molar-refractivity contribution is -0.676. The molecule has 0 radical (unpaired) electrons. The molecule has 0 saturated carbocycles. The van der Waals surface area contributed by atoms with Gasteiger partial charge in [-0.3, -0.25) is 0 Å². The molecule has 4 aromatic rings. The Balaban J connectivity index is 1.92. The molecule has 0 spiro atoms. The van der Waals surface area contributed by atoms with Gasteiger partial charge in [0.05, 0.1) is 12.7 Å². The van der Waals surface area contributed by atoms with Gasteiger partial charge in [-0.1, -0.05) is 70.4 Å². The number of aryl methyl sites for hydroxylation is 3. The SMILES string of the molecule is Cc1ccc(-c2cc(C)[n+](N(C)c3ccccc3)c(-c3ccc(C)cc3)c2)cc1. The fourth-order valence-corrected chi connectivity index (χ4v) is 3.73. The minimum atomic E-state index is 1.15. The fraction of sp³-hybridized carbons (Fsp3) is 0.148. The van der Waals surface area contributed by atoms with Gasteiger partial charge >= 0.3 is 0 Å². The molecule has 0 atom stereocenters. The quantitative estimate of drug-likeness (QED) is 0.387. The highest BCUT2D eigenvalue weighted by Gasteiger charge is 2.24. The third-order valence-electron chi connectivity index (χ3n) is 5.38. The highest BCUT2D eigenvalue weighted by atomic mass is 15.5. The summed E-state index contributed by atoms with van der Waals surface area (Å²) in [6, 6.07) is 32.6. The molecule has 0 aliphatic heterocycles. The van der Waals surface area contributed by atoms with Crippen molar-refractivity contribution in [1.82, 2.24) is 0 Å². The van der Waals surface area contributed by atoms with Gasteiger partial charge in [-0.25, -0.2) is 0 Å². The zero-order valence-electron chi connectivity index (χ0n) is 17.6. The Morgan fingerprint density at radius 2 is 1.14 bits per heavy atom. The van der Waals surface area contributed by atoms with Crippen LogP contribution in [-0.2, 0) is 0 Å². The first-order valence-electron chi connectivity index (χ1n) is 10.0. The molecule has 144 valence electrons. The third kappa shape index (κ3) is 3.93. The van der Waals surface area contributed by atoms with Gasteiger partial charge in [0.15, 0.2) is 0 Å². The maximum absolute atomic E-state index is 2.29. The summed E-state index contributed by atoms with van der Waals surface area (Å²) in [4.78, 5) is 0. The third-order valence-corrected chi connectivity index (χ3v) is 5.38. The van der Waals surface area contributed by atoms with E-state index < -0.39 is 0 Å². The van der Waals surface area contributed by atoms with Crippen molar-refractivity contribution in [1.29, 1.82) is 0 Å². The number of benzene rings is 3. The number of rotatable bonds is 4. The van der Waals surface area contributed by atoms with Crippen LogP contribution in [0.3, 0.4) is 0 Å². The lowest BCUT2D eigenvalue weighted by Gasteiger charge is -2.18. The van der Waals surface area contributed by atoms with Gasteiger partial charge in [0.25, 0.3) is 0 Å². The van der Waals surface area contributed by atoms with Crippen molar-refractivity contribution < 1.29 is 4.68 Å². The minimum Gasteiger partial charge on any atom is -0.151 e. The van der Waals surface area contributed by atoms with E-state index >= 15 is 0 Å². The van der Waals surface area contributed by atoms with E-state index in [0.717, 1.165) is 5.69 Å². The van der Waals surface area contributed by atoms with Gasteiger partial charge in [0.2, 0.25) is 11.4 Å². The molecule has 0 N–H and O–H groups in total. The Bertz CT molecular complexity index is 1110. The molecule has 29 heavy (non-hydrogen) atoms. The first-order valence-corrected chi connectivity index (χ1v) is 10.0. The van der Waals surface area contributed by atoms with E-state index in [0.29, 0.717) is 0 Å². The van der Waals surface area contributed by atoms with Crippen molar-refractivity contribution in [3.8, 4) is 22.4 Å². The summed E-state index contributed by atoms with van der Waals surface area (Å²) in [5, 5.41) is 2.21. The van der Waals surface area contributed by atoms with E-state index in [9.17, 15) is 0 Å². The predicted octanol–water partition coefficient (Wildman–Crippen LogP) is 6.13. The molecule has 1 heterocycles. The zero-order chi connectivity index (χ0) is 20.4. The van der Waals surface area contributed by atoms with Crippen LogP contribution in [0.25, 0.3) is 22.4 Å². The molecule has 2 heteroatoms. The Kier molecular flexibility index (Phi) is 5.18. The van der Waals surface area contributed by atoms with E-state index in [1.165, 1.54) is 39.2 Å². The number of aromatic nitrogens is 1. The number of para-hydroxylation sites is 1. The Morgan fingerprint density at radius 3 is 1.72 bits per heavy atom. The minimum absolute atomic E-state index is 1.15. The number of hydrogen-bond acceptors (Lipinski definition) is 1. The van der Waals surface area contributed by atoms with Crippen LogP contribution in [0.4, 0.5) is 5.69 Å². The smallest absolute Gasteiger partial charge is 0.151 e. The second-order valence-corrected chi connectivity index (χ2v) is 7.67. The summed E-state index contributed by atoms with van der Waals surface area (Å²) < 4.78 is 2.29. The monoisotopic (exact) mass is 379 g/mol. The Morgan fingerprint density at radius 1 is 0.586 bits per heavy atom. The molecule has 0 unspecified atom stereocenters. The van der Waals surface area contributed by atoms with E-state index in [1.54, 1.807) is 0 Å². The summed E-state index contributed by atoms with van der Waals surface area (Å²) in [6.45, 7) is 6.43. The molecular weight excluding hydrogens is 352 g/mol. The molecule has 0 saturated heterocycles. The van der Waals surface area contributed by atoms with Crippen LogP contribution in [0.2, 0.25) is 0 Å². The summed E-state index contributed by atoms with van der Waals surface area (Å²) in [7, 11) is 2.12. The summed E-state index contributed by atoms with van der Waals surface area (Å²) in [5.74, 6) is 0. The molecule has 1 aromatic heterocycles. The lowest BCUT2D eigenvalue weighted by Crippen LogP contribution is -2.55. The van der Waals surface area contributed by atoms with Crippen molar-refractivity contribution in [2.75, 3.05) is 12.1 Å². The summed E-state index contributed by atoms with van der Waals surface area (Å²) in [6.07, 6.45) is 0. The second kappa shape index (κ2) is 7.92. The van der Waals surface area contributed by atoms with Crippen molar-refractivity contribution in [2.24, 2.45) is 0 Å². The topological polar surface area (TPSA) is 7.12 Å². The standard InChI is InChI=1S/C27H27N2/c1-20-10-14-23(15-11-20)25-18-22(3)29(28(4)26-8-6-5-7-9-26)27(19-25)24-16-12-21(2)13-17-24/h5-19H,1-4H3/q+1. The van der Waals surface area contributed by atoms with Crippen molar-refractivity contribution in [3.05, 3.63) is 108 Å². The van der Waals surface area contributed by atoms with Crippen LogP contribution < -0.4 is 9.69 Å². The number of nitrogens with zero attached hydrogens (tertiary/aromatic N) is 2. The summed E-state index contributed by atoms with van der Waals surface area (Å²) >= 11 is 0. The van der Waals surface area contributed by atoms with E-state index in [1.807, 2.05) is 0 Å². The predicted molar refractivity (Wildman–Crippen MR) is 122 cm³/mol. The van der Waals surface area contributed by atoms with Crippen LogP contribution in [0.1, 0.15) is 16.8 Å². The number of anilines is 1. The van der Waals surface area contributed by atoms with E-state index in [2.05, 4.69) is 128 Å². The molecular formula is C27H27N2+. The van der Waals surface area contributed by atoms with Gasteiger partial charge < -0.3 is 0 Å². The normalized spacial score (nSPS) is 10.8. The largest absolute Gasteiger partial charge is 0.243 e. The van der Waals surface area contributed by atoms with Crippen molar-refractivity contribution in [3.63, 3.8) is 0 Å². The molecule has 2 nitrogen and oxygen atoms in total. The highest BCUT2D eigenvalue weighted by Crippen LogP contribution is 2.26. The van der Waals surface area contributed by atoms with Gasteiger partial charge in [0.1, 0.15) is 0 Å². The molecule has 4 rings (SSSR count). The average Bonchev–Trinajstić information content (AvgIpc) is 2.74. The highest BCUT2D eigenvalue weighted by molar-refractivity contribution is 5.69.